The molecule has 0 saturated carbocycles. The van der Waals surface area contributed by atoms with Gasteiger partial charge in [-0.15, -0.1) is 0 Å². The molecular formula is C11H24N2O3S. The fraction of sp³-hybridized carbons (Fsp3) is 1.00. The van der Waals surface area contributed by atoms with E-state index in [9.17, 15) is 8.42 Å². The second-order valence-electron chi connectivity index (χ2n) is 4.53. The molecular weight excluding hydrogens is 240 g/mol. The predicted molar refractivity (Wildman–Crippen MR) is 68.5 cm³/mol. The van der Waals surface area contributed by atoms with Crippen LogP contribution in [0.5, 0.6) is 0 Å². The highest BCUT2D eigenvalue weighted by molar-refractivity contribution is 7.89. The van der Waals surface area contributed by atoms with Crippen molar-refractivity contribution < 1.29 is 13.2 Å². The summed E-state index contributed by atoms with van der Waals surface area (Å²) in [5.74, 6) is 0.441. The molecule has 1 heterocycles. The molecule has 0 aromatic carbocycles. The number of piperidine rings is 1. The Labute approximate surface area is 104 Å². The summed E-state index contributed by atoms with van der Waals surface area (Å²) in [7, 11) is -3.21. The van der Waals surface area contributed by atoms with Gasteiger partial charge in [-0.1, -0.05) is 0 Å². The lowest BCUT2D eigenvalue weighted by atomic mass is 9.94. The Balaban J connectivity index is 2.34. The molecule has 2 unspecified atom stereocenters. The molecule has 0 amide bonds. The fourth-order valence-electron chi connectivity index (χ4n) is 2.06. The highest BCUT2D eigenvalue weighted by Gasteiger charge is 2.23. The minimum Gasteiger partial charge on any atom is -0.381 e. The Bertz CT molecular complexity index is 300. The molecule has 1 saturated heterocycles. The molecule has 2 N–H and O–H groups in total. The Kier molecular flexibility index (Phi) is 6.40. The van der Waals surface area contributed by atoms with Crippen LogP contribution in [0.4, 0.5) is 0 Å². The van der Waals surface area contributed by atoms with Gasteiger partial charge in [-0.2, -0.15) is 0 Å². The largest absolute Gasteiger partial charge is 0.381 e. The van der Waals surface area contributed by atoms with E-state index in [1.807, 2.05) is 13.8 Å². The third-order valence-corrected chi connectivity index (χ3v) is 4.54. The first-order chi connectivity index (χ1) is 8.05. The summed E-state index contributed by atoms with van der Waals surface area (Å²) in [5.41, 5.74) is 0. The van der Waals surface area contributed by atoms with Gasteiger partial charge in [0.15, 0.2) is 0 Å². The van der Waals surface area contributed by atoms with Gasteiger partial charge >= 0.3 is 0 Å². The maximum atomic E-state index is 11.7. The van der Waals surface area contributed by atoms with Crippen LogP contribution in [0, 0.1) is 5.92 Å². The van der Waals surface area contributed by atoms with Crippen LogP contribution < -0.4 is 10.0 Å². The molecule has 0 aliphatic carbocycles. The van der Waals surface area contributed by atoms with Gasteiger partial charge in [0.25, 0.3) is 0 Å². The lowest BCUT2D eigenvalue weighted by Crippen LogP contribution is -2.45. The summed E-state index contributed by atoms with van der Waals surface area (Å²) in [6, 6.07) is -0.00516. The number of nitrogens with one attached hydrogen (secondary N) is 2. The summed E-state index contributed by atoms with van der Waals surface area (Å²) in [5, 5.41) is 3.29. The average Bonchev–Trinajstić information content (AvgIpc) is 2.30. The number of sulfonamides is 1. The van der Waals surface area contributed by atoms with E-state index in [1.54, 1.807) is 0 Å². The van der Waals surface area contributed by atoms with Crippen LogP contribution in [0.25, 0.3) is 0 Å². The van der Waals surface area contributed by atoms with Crippen LogP contribution in [0.15, 0.2) is 0 Å². The number of ether oxygens (including phenoxy) is 1. The second kappa shape index (κ2) is 7.31. The molecule has 0 spiro atoms. The Hall–Kier alpha value is -0.170. The van der Waals surface area contributed by atoms with Gasteiger partial charge in [0, 0.05) is 12.6 Å². The standard InChI is InChI=1S/C11H24N2O3S/c1-3-16-7-8-17(14,15)13-10(2)11-5-4-6-12-9-11/h10-13H,3-9H2,1-2H3. The normalized spacial score (nSPS) is 23.5. The summed E-state index contributed by atoms with van der Waals surface area (Å²) in [4.78, 5) is 0. The van der Waals surface area contributed by atoms with Crippen LogP contribution in [0.2, 0.25) is 0 Å². The maximum Gasteiger partial charge on any atom is 0.214 e. The third-order valence-electron chi connectivity index (χ3n) is 3.11. The Morgan fingerprint density at radius 2 is 2.29 bits per heavy atom. The Morgan fingerprint density at radius 3 is 2.88 bits per heavy atom. The summed E-state index contributed by atoms with van der Waals surface area (Å²) in [6.45, 7) is 6.56. The molecule has 1 aliphatic rings. The van der Waals surface area contributed by atoms with Crippen molar-refractivity contribution in [3.05, 3.63) is 0 Å². The van der Waals surface area contributed by atoms with E-state index in [1.165, 1.54) is 0 Å². The predicted octanol–water partition coefficient (Wildman–Crippen LogP) is 0.330. The maximum absolute atomic E-state index is 11.7. The molecule has 2 atom stereocenters. The van der Waals surface area contributed by atoms with Gasteiger partial charge < -0.3 is 10.1 Å². The van der Waals surface area contributed by atoms with Crippen molar-refractivity contribution in [2.75, 3.05) is 32.1 Å². The molecule has 0 aromatic heterocycles. The number of hydrogen-bond donors (Lipinski definition) is 2. The molecule has 0 aromatic rings. The van der Waals surface area contributed by atoms with E-state index in [2.05, 4.69) is 10.0 Å². The zero-order chi connectivity index (χ0) is 12.7. The van der Waals surface area contributed by atoms with Crippen molar-refractivity contribution in [3.8, 4) is 0 Å². The zero-order valence-corrected chi connectivity index (χ0v) is 11.6. The smallest absolute Gasteiger partial charge is 0.214 e. The van der Waals surface area contributed by atoms with Crippen molar-refractivity contribution in [1.29, 1.82) is 0 Å². The molecule has 6 heteroatoms. The van der Waals surface area contributed by atoms with Crippen molar-refractivity contribution >= 4 is 10.0 Å². The van der Waals surface area contributed by atoms with Gasteiger partial charge in [0.1, 0.15) is 0 Å². The van der Waals surface area contributed by atoms with E-state index < -0.39 is 10.0 Å². The Morgan fingerprint density at radius 1 is 1.53 bits per heavy atom. The molecule has 17 heavy (non-hydrogen) atoms. The minimum atomic E-state index is -3.21. The minimum absolute atomic E-state index is 0.00516. The van der Waals surface area contributed by atoms with Gasteiger partial charge in [0.05, 0.1) is 12.4 Å². The quantitative estimate of drug-likeness (QED) is 0.650. The van der Waals surface area contributed by atoms with E-state index in [0.717, 1.165) is 25.9 Å². The molecule has 1 aliphatic heterocycles. The van der Waals surface area contributed by atoms with Crippen molar-refractivity contribution in [1.82, 2.24) is 10.0 Å². The third kappa shape index (κ3) is 5.81. The molecule has 5 nitrogen and oxygen atoms in total. The van der Waals surface area contributed by atoms with Crippen LogP contribution in [0.1, 0.15) is 26.7 Å². The lowest BCUT2D eigenvalue weighted by molar-refractivity contribution is 0.163. The fourth-order valence-corrected chi connectivity index (χ4v) is 3.27. The van der Waals surface area contributed by atoms with E-state index in [0.29, 0.717) is 12.5 Å². The van der Waals surface area contributed by atoms with Gasteiger partial charge in [-0.25, -0.2) is 13.1 Å². The van der Waals surface area contributed by atoms with Crippen LogP contribution in [0.3, 0.4) is 0 Å². The highest BCUT2D eigenvalue weighted by Crippen LogP contribution is 2.14. The topological polar surface area (TPSA) is 67.4 Å². The molecule has 102 valence electrons. The first-order valence-corrected chi connectivity index (χ1v) is 7.99. The van der Waals surface area contributed by atoms with E-state index in [-0.39, 0.29) is 18.4 Å². The lowest BCUT2D eigenvalue weighted by Gasteiger charge is -2.28. The van der Waals surface area contributed by atoms with Crippen LogP contribution in [-0.4, -0.2) is 46.5 Å². The van der Waals surface area contributed by atoms with Crippen LogP contribution in [-0.2, 0) is 14.8 Å². The van der Waals surface area contributed by atoms with E-state index >= 15 is 0 Å². The summed E-state index contributed by atoms with van der Waals surface area (Å²) < 4.78 is 31.3. The number of rotatable bonds is 7. The first kappa shape index (κ1) is 14.9. The molecule has 1 fully saturated rings. The SMILES string of the molecule is CCOCCS(=O)(=O)NC(C)C1CCCNC1. The van der Waals surface area contributed by atoms with Crippen molar-refractivity contribution in [2.24, 2.45) is 5.92 Å². The summed E-state index contributed by atoms with van der Waals surface area (Å²) >= 11 is 0. The molecule has 0 radical (unpaired) electrons. The molecule has 0 bridgehead atoms. The van der Waals surface area contributed by atoms with Crippen LogP contribution >= 0.6 is 0 Å². The van der Waals surface area contributed by atoms with Gasteiger partial charge in [-0.05, 0) is 45.7 Å². The first-order valence-electron chi connectivity index (χ1n) is 6.33. The average molecular weight is 264 g/mol. The second-order valence-corrected chi connectivity index (χ2v) is 6.40. The number of hydrogen-bond acceptors (Lipinski definition) is 4. The highest BCUT2D eigenvalue weighted by atomic mass is 32.2. The summed E-state index contributed by atoms with van der Waals surface area (Å²) in [6.07, 6.45) is 2.21. The van der Waals surface area contributed by atoms with E-state index in [4.69, 9.17) is 4.74 Å². The zero-order valence-electron chi connectivity index (χ0n) is 10.7. The monoisotopic (exact) mass is 264 g/mol. The van der Waals surface area contributed by atoms with Crippen molar-refractivity contribution in [2.45, 2.75) is 32.7 Å². The van der Waals surface area contributed by atoms with Gasteiger partial charge in [-0.3, -0.25) is 0 Å². The van der Waals surface area contributed by atoms with Crippen molar-refractivity contribution in [3.63, 3.8) is 0 Å². The van der Waals surface area contributed by atoms with Gasteiger partial charge in [0.2, 0.25) is 10.0 Å². The molecule has 1 rings (SSSR count).